The minimum atomic E-state index is -4.62. The fourth-order valence-electron chi connectivity index (χ4n) is 1.45. The Balaban J connectivity index is 2.79. The number of hydrogen-bond acceptors (Lipinski definition) is 2. The summed E-state index contributed by atoms with van der Waals surface area (Å²) < 4.78 is 50.8. The van der Waals surface area contributed by atoms with Crippen LogP contribution >= 0.6 is 0 Å². The van der Waals surface area contributed by atoms with E-state index in [1.54, 1.807) is 6.92 Å². The van der Waals surface area contributed by atoms with Gasteiger partial charge in [-0.25, -0.2) is 9.18 Å². The topological polar surface area (TPSA) is 61.4 Å². The molecule has 1 aromatic rings. The van der Waals surface area contributed by atoms with E-state index < -0.39 is 35.3 Å². The third-order valence-corrected chi connectivity index (χ3v) is 2.48. The van der Waals surface area contributed by atoms with Crippen molar-refractivity contribution in [2.24, 2.45) is 0 Å². The molecule has 0 aliphatic heterocycles. The fourth-order valence-corrected chi connectivity index (χ4v) is 1.45. The van der Waals surface area contributed by atoms with Crippen LogP contribution in [0, 0.1) is 5.82 Å². The van der Waals surface area contributed by atoms with Crippen LogP contribution in [0.15, 0.2) is 18.2 Å². The lowest BCUT2D eigenvalue weighted by molar-refractivity contribution is -0.137. The van der Waals surface area contributed by atoms with Gasteiger partial charge in [0.05, 0.1) is 11.3 Å². The number of halogens is 4. The molecule has 0 aromatic heterocycles. The fraction of sp³-hybridized carbons (Fsp3) is 0.417. The van der Waals surface area contributed by atoms with Gasteiger partial charge in [0.15, 0.2) is 0 Å². The Kier molecular flexibility index (Phi) is 5.32. The standard InChI is InChI=1S/C12H14F4N2O2/c1-7(4-5-19)17-11(20)18-10-6-8(12(14,15)16)2-3-9(10)13/h2-3,6-7,19H,4-5H2,1H3,(H2,17,18,20)/t7-/m1/s1. The molecule has 8 heteroatoms. The maximum atomic E-state index is 13.4. The van der Waals surface area contributed by atoms with Crippen molar-refractivity contribution >= 4 is 11.7 Å². The van der Waals surface area contributed by atoms with E-state index in [1.165, 1.54) is 0 Å². The van der Waals surface area contributed by atoms with Crippen molar-refractivity contribution in [2.45, 2.75) is 25.6 Å². The van der Waals surface area contributed by atoms with Gasteiger partial charge >= 0.3 is 12.2 Å². The van der Waals surface area contributed by atoms with Crippen LogP contribution < -0.4 is 10.6 Å². The predicted octanol–water partition coefficient (Wildman–Crippen LogP) is 2.74. The molecule has 0 bridgehead atoms. The summed E-state index contributed by atoms with van der Waals surface area (Å²) in [7, 11) is 0. The van der Waals surface area contributed by atoms with Crippen molar-refractivity contribution in [3.63, 3.8) is 0 Å². The molecule has 3 N–H and O–H groups in total. The molecule has 1 atom stereocenters. The van der Waals surface area contributed by atoms with Crippen molar-refractivity contribution in [1.29, 1.82) is 0 Å². The lowest BCUT2D eigenvalue weighted by Gasteiger charge is -2.15. The van der Waals surface area contributed by atoms with Crippen LogP contribution in [0.25, 0.3) is 0 Å². The SMILES string of the molecule is C[C@H](CCO)NC(=O)Nc1cc(C(F)(F)F)ccc1F. The van der Waals surface area contributed by atoms with Crippen LogP contribution in [0.1, 0.15) is 18.9 Å². The zero-order valence-electron chi connectivity index (χ0n) is 10.6. The number of rotatable bonds is 4. The highest BCUT2D eigenvalue weighted by Crippen LogP contribution is 2.31. The van der Waals surface area contributed by atoms with E-state index in [9.17, 15) is 22.4 Å². The zero-order valence-corrected chi connectivity index (χ0v) is 10.6. The van der Waals surface area contributed by atoms with E-state index >= 15 is 0 Å². The van der Waals surface area contributed by atoms with E-state index in [1.807, 2.05) is 5.32 Å². The molecule has 0 heterocycles. The summed E-state index contributed by atoms with van der Waals surface area (Å²) in [5.74, 6) is -0.969. The minimum absolute atomic E-state index is 0.153. The third kappa shape index (κ3) is 4.69. The van der Waals surface area contributed by atoms with Crippen LogP contribution in [0.4, 0.5) is 28.0 Å². The molecule has 0 aliphatic carbocycles. The maximum Gasteiger partial charge on any atom is 0.416 e. The number of benzene rings is 1. The third-order valence-electron chi connectivity index (χ3n) is 2.48. The summed E-state index contributed by atoms with van der Waals surface area (Å²) in [5.41, 5.74) is -1.62. The van der Waals surface area contributed by atoms with E-state index in [4.69, 9.17) is 5.11 Å². The first kappa shape index (κ1) is 16.2. The molecule has 0 radical (unpaired) electrons. The molecular weight excluding hydrogens is 280 g/mol. The Bertz CT molecular complexity index is 477. The average molecular weight is 294 g/mol. The average Bonchev–Trinajstić information content (AvgIpc) is 2.30. The Morgan fingerprint density at radius 3 is 2.60 bits per heavy atom. The van der Waals surface area contributed by atoms with Crippen molar-refractivity contribution in [2.75, 3.05) is 11.9 Å². The lowest BCUT2D eigenvalue weighted by atomic mass is 10.2. The number of alkyl halides is 3. The lowest BCUT2D eigenvalue weighted by Crippen LogP contribution is -2.36. The number of nitrogens with one attached hydrogen (secondary N) is 2. The molecule has 1 rings (SSSR count). The Morgan fingerprint density at radius 1 is 1.40 bits per heavy atom. The van der Waals surface area contributed by atoms with Gasteiger partial charge in [-0.3, -0.25) is 0 Å². The molecule has 0 aliphatic rings. The molecule has 4 nitrogen and oxygen atoms in total. The first-order chi connectivity index (χ1) is 9.24. The zero-order chi connectivity index (χ0) is 15.3. The molecule has 0 saturated heterocycles. The van der Waals surface area contributed by atoms with Crippen molar-refractivity contribution in [1.82, 2.24) is 5.32 Å². The number of carbonyl (C=O) groups is 1. The van der Waals surface area contributed by atoms with E-state index in [0.717, 1.165) is 0 Å². The molecule has 0 unspecified atom stereocenters. The van der Waals surface area contributed by atoms with E-state index in [-0.39, 0.29) is 13.0 Å². The van der Waals surface area contributed by atoms with E-state index in [2.05, 4.69) is 5.32 Å². The quantitative estimate of drug-likeness (QED) is 0.748. The molecule has 2 amide bonds. The van der Waals surface area contributed by atoms with Gasteiger partial charge in [-0.15, -0.1) is 0 Å². The maximum absolute atomic E-state index is 13.4. The second kappa shape index (κ2) is 6.56. The molecule has 112 valence electrons. The van der Waals surface area contributed by atoms with Crippen LogP contribution in [0.5, 0.6) is 0 Å². The van der Waals surface area contributed by atoms with Crippen LogP contribution in [-0.4, -0.2) is 23.8 Å². The number of anilines is 1. The number of aliphatic hydroxyl groups is 1. The summed E-state index contributed by atoms with van der Waals surface area (Å²) in [6.45, 7) is 1.44. The summed E-state index contributed by atoms with van der Waals surface area (Å²) in [6, 6.07) is 0.506. The van der Waals surface area contributed by atoms with Crippen LogP contribution in [-0.2, 0) is 6.18 Å². The second-order valence-electron chi connectivity index (χ2n) is 4.20. The smallest absolute Gasteiger partial charge is 0.396 e. The van der Waals surface area contributed by atoms with Gasteiger partial charge in [-0.05, 0) is 31.5 Å². The normalized spacial score (nSPS) is 12.9. The largest absolute Gasteiger partial charge is 0.416 e. The first-order valence-corrected chi connectivity index (χ1v) is 5.79. The highest BCUT2D eigenvalue weighted by atomic mass is 19.4. The first-order valence-electron chi connectivity index (χ1n) is 5.79. The number of urea groups is 1. The molecule has 0 spiro atoms. The number of aliphatic hydroxyl groups excluding tert-OH is 1. The van der Waals surface area contributed by atoms with Crippen molar-refractivity contribution < 1.29 is 27.5 Å². The van der Waals surface area contributed by atoms with E-state index in [0.29, 0.717) is 18.2 Å². The van der Waals surface area contributed by atoms with Crippen LogP contribution in [0.3, 0.4) is 0 Å². The van der Waals surface area contributed by atoms with Crippen molar-refractivity contribution in [3.8, 4) is 0 Å². The summed E-state index contributed by atoms with van der Waals surface area (Å²) in [5, 5.41) is 13.0. The number of amides is 2. The summed E-state index contributed by atoms with van der Waals surface area (Å²) in [4.78, 5) is 11.5. The Hall–Kier alpha value is -1.83. The molecule has 1 aromatic carbocycles. The molecular formula is C12H14F4N2O2. The van der Waals surface area contributed by atoms with Gasteiger partial charge in [0.25, 0.3) is 0 Å². The molecule has 0 saturated carbocycles. The highest BCUT2D eigenvalue weighted by Gasteiger charge is 2.31. The highest BCUT2D eigenvalue weighted by molar-refractivity contribution is 5.89. The Morgan fingerprint density at radius 2 is 2.05 bits per heavy atom. The monoisotopic (exact) mass is 294 g/mol. The number of carbonyl (C=O) groups excluding carboxylic acids is 1. The van der Waals surface area contributed by atoms with Gasteiger partial charge in [-0.2, -0.15) is 13.2 Å². The van der Waals surface area contributed by atoms with Gasteiger partial charge in [-0.1, -0.05) is 0 Å². The summed E-state index contributed by atoms with van der Waals surface area (Å²) in [6.07, 6.45) is -4.34. The van der Waals surface area contributed by atoms with Crippen LogP contribution in [0.2, 0.25) is 0 Å². The van der Waals surface area contributed by atoms with Gasteiger partial charge in [0, 0.05) is 12.6 Å². The predicted molar refractivity (Wildman–Crippen MR) is 64.7 cm³/mol. The Labute approximate surface area is 112 Å². The number of hydrogen-bond donors (Lipinski definition) is 3. The van der Waals surface area contributed by atoms with Gasteiger partial charge in [0.1, 0.15) is 5.82 Å². The van der Waals surface area contributed by atoms with Gasteiger partial charge in [0.2, 0.25) is 0 Å². The minimum Gasteiger partial charge on any atom is -0.396 e. The molecule has 20 heavy (non-hydrogen) atoms. The second-order valence-corrected chi connectivity index (χ2v) is 4.20. The van der Waals surface area contributed by atoms with Crippen molar-refractivity contribution in [3.05, 3.63) is 29.6 Å². The summed E-state index contributed by atoms with van der Waals surface area (Å²) >= 11 is 0. The molecule has 0 fully saturated rings. The van der Waals surface area contributed by atoms with Gasteiger partial charge < -0.3 is 15.7 Å².